The van der Waals surface area contributed by atoms with E-state index in [-0.39, 0.29) is 0 Å². The van der Waals surface area contributed by atoms with E-state index in [4.69, 9.17) is 4.55 Å². The number of carbonyl (C=O) groups excluding carboxylic acids is 2. The fourth-order valence-corrected chi connectivity index (χ4v) is 1.46. The van der Waals surface area contributed by atoms with Crippen LogP contribution >= 0.6 is 0 Å². The number of hydrogen-bond acceptors (Lipinski definition) is 4. The first kappa shape index (κ1) is 8.94. The van der Waals surface area contributed by atoms with Crippen molar-refractivity contribution < 1.29 is 22.6 Å². The highest BCUT2D eigenvalue weighted by atomic mass is 32.2. The van der Waals surface area contributed by atoms with Crippen molar-refractivity contribution in [3.05, 3.63) is 0 Å². The quantitative estimate of drug-likeness (QED) is 0.410. The highest BCUT2D eigenvalue weighted by Gasteiger charge is 2.36. The van der Waals surface area contributed by atoms with Gasteiger partial charge in [-0.3, -0.25) is 25.0 Å². The molecule has 1 unspecified atom stereocenters. The molecule has 0 radical (unpaired) electrons. The summed E-state index contributed by atoms with van der Waals surface area (Å²) in [5, 5.41) is -1.69. The number of carbonyl (C=O) groups is 2. The molecule has 3 N–H and O–H groups in total. The second-order valence-corrected chi connectivity index (χ2v) is 3.84. The summed E-state index contributed by atoms with van der Waals surface area (Å²) >= 11 is 0. The van der Waals surface area contributed by atoms with Crippen LogP contribution in [0, 0.1) is 0 Å². The van der Waals surface area contributed by atoms with Crippen molar-refractivity contribution in [2.75, 3.05) is 0 Å². The largest absolute Gasteiger partial charge is 0.285 e. The number of nitrogens with one attached hydrogen (secondary N) is 2. The van der Waals surface area contributed by atoms with Crippen LogP contribution in [0.2, 0.25) is 0 Å². The Balaban J connectivity index is 2.89. The van der Waals surface area contributed by atoms with E-state index in [1.54, 1.807) is 0 Å². The minimum Gasteiger partial charge on any atom is -0.285 e. The van der Waals surface area contributed by atoms with E-state index in [9.17, 15) is 18.0 Å². The summed E-state index contributed by atoms with van der Waals surface area (Å²) < 4.78 is 29.4. The average molecular weight is 194 g/mol. The van der Waals surface area contributed by atoms with Crippen LogP contribution in [0.4, 0.5) is 0 Å². The summed E-state index contributed by atoms with van der Waals surface area (Å²) in [6.45, 7) is 0. The fourth-order valence-electron chi connectivity index (χ4n) is 0.764. The second-order valence-electron chi connectivity index (χ2n) is 2.25. The number of hydrazine groups is 1. The van der Waals surface area contributed by atoms with Gasteiger partial charge in [0.25, 0.3) is 16.0 Å². The Hall–Kier alpha value is -1.15. The molecule has 12 heavy (non-hydrogen) atoms. The van der Waals surface area contributed by atoms with Gasteiger partial charge in [0.1, 0.15) is 0 Å². The van der Waals surface area contributed by atoms with Gasteiger partial charge < -0.3 is 0 Å². The summed E-state index contributed by atoms with van der Waals surface area (Å²) in [6.07, 6.45) is -0.551. The van der Waals surface area contributed by atoms with Crippen molar-refractivity contribution in [1.82, 2.24) is 10.9 Å². The molecule has 1 heterocycles. The fraction of sp³-hybridized carbons (Fsp3) is 0.500. The van der Waals surface area contributed by atoms with Crippen molar-refractivity contribution in [3.63, 3.8) is 0 Å². The first-order chi connectivity index (χ1) is 5.41. The SMILES string of the molecule is O=C1CC(S(=O)(=O)O)C(=O)NN1. The van der Waals surface area contributed by atoms with Crippen LogP contribution in [-0.4, -0.2) is 30.0 Å². The third-order valence-electron chi connectivity index (χ3n) is 1.35. The van der Waals surface area contributed by atoms with Crippen LogP contribution in [0.1, 0.15) is 6.42 Å². The standard InChI is InChI=1S/C4H6N2O5S/c7-3-1-2(12(9,10)11)4(8)6-5-3/h2H,1H2,(H,5,7)(H,6,8)(H,9,10,11). The van der Waals surface area contributed by atoms with Crippen molar-refractivity contribution in [2.24, 2.45) is 0 Å². The molecule has 0 aromatic heterocycles. The zero-order valence-corrected chi connectivity index (χ0v) is 6.59. The Morgan fingerprint density at radius 2 is 1.92 bits per heavy atom. The maximum atomic E-state index is 10.7. The van der Waals surface area contributed by atoms with E-state index in [2.05, 4.69) is 0 Å². The predicted molar refractivity (Wildman–Crippen MR) is 36.2 cm³/mol. The van der Waals surface area contributed by atoms with Crippen LogP contribution in [0.5, 0.6) is 0 Å². The highest BCUT2D eigenvalue weighted by molar-refractivity contribution is 7.87. The summed E-state index contributed by atoms with van der Waals surface area (Å²) in [7, 11) is -4.48. The maximum Gasteiger partial charge on any atom is 0.277 e. The summed E-state index contributed by atoms with van der Waals surface area (Å²) in [6, 6.07) is 0. The minimum absolute atomic E-state index is 0.551. The molecule has 1 rings (SSSR count). The number of hydrogen-bond donors (Lipinski definition) is 3. The lowest BCUT2D eigenvalue weighted by Crippen LogP contribution is -2.55. The molecule has 1 aliphatic heterocycles. The zero-order chi connectivity index (χ0) is 9.35. The molecular formula is C4H6N2O5S. The van der Waals surface area contributed by atoms with E-state index in [0.717, 1.165) is 0 Å². The van der Waals surface area contributed by atoms with Crippen molar-refractivity contribution in [1.29, 1.82) is 0 Å². The summed E-state index contributed by atoms with van der Waals surface area (Å²) in [5.41, 5.74) is 3.73. The van der Waals surface area contributed by atoms with Gasteiger partial charge in [-0.2, -0.15) is 8.42 Å². The third kappa shape index (κ3) is 1.71. The summed E-state index contributed by atoms with van der Waals surface area (Å²) in [5.74, 6) is -1.59. The van der Waals surface area contributed by atoms with Gasteiger partial charge in [0.05, 0.1) is 6.42 Å². The normalized spacial score (nSPS) is 24.6. The maximum absolute atomic E-state index is 10.7. The Morgan fingerprint density at radius 1 is 1.33 bits per heavy atom. The molecule has 7 nitrogen and oxygen atoms in total. The Labute approximate surface area is 67.8 Å². The molecule has 1 aliphatic rings. The molecule has 2 amide bonds. The molecule has 1 saturated heterocycles. The number of rotatable bonds is 1. The van der Waals surface area contributed by atoms with Gasteiger partial charge in [0, 0.05) is 0 Å². The lowest BCUT2D eigenvalue weighted by molar-refractivity contribution is -0.133. The van der Waals surface area contributed by atoms with E-state index >= 15 is 0 Å². The van der Waals surface area contributed by atoms with Crippen molar-refractivity contribution in [3.8, 4) is 0 Å². The molecule has 8 heteroatoms. The van der Waals surface area contributed by atoms with E-state index in [1.165, 1.54) is 0 Å². The Kier molecular flexibility index (Phi) is 2.02. The molecule has 1 atom stereocenters. The highest BCUT2D eigenvalue weighted by Crippen LogP contribution is 2.06. The van der Waals surface area contributed by atoms with Crippen molar-refractivity contribution >= 4 is 21.9 Å². The Morgan fingerprint density at radius 3 is 2.33 bits per heavy atom. The molecule has 0 aromatic carbocycles. The van der Waals surface area contributed by atoms with Gasteiger partial charge in [0.2, 0.25) is 5.91 Å². The molecule has 0 bridgehead atoms. The van der Waals surface area contributed by atoms with Gasteiger partial charge >= 0.3 is 0 Å². The second kappa shape index (κ2) is 2.72. The molecule has 0 aliphatic carbocycles. The molecule has 0 spiro atoms. The van der Waals surface area contributed by atoms with E-state index in [0.29, 0.717) is 0 Å². The van der Waals surface area contributed by atoms with Crippen LogP contribution in [0.25, 0.3) is 0 Å². The minimum atomic E-state index is -4.48. The first-order valence-electron chi connectivity index (χ1n) is 2.96. The summed E-state index contributed by atoms with van der Waals surface area (Å²) in [4.78, 5) is 21.3. The monoisotopic (exact) mass is 194 g/mol. The first-order valence-corrected chi connectivity index (χ1v) is 4.46. The predicted octanol–water partition coefficient (Wildman–Crippen LogP) is -2.21. The Bertz CT molecular complexity index is 320. The van der Waals surface area contributed by atoms with E-state index < -0.39 is 33.6 Å². The van der Waals surface area contributed by atoms with Gasteiger partial charge in [-0.05, 0) is 0 Å². The average Bonchev–Trinajstić information content (AvgIpc) is 1.92. The van der Waals surface area contributed by atoms with Crippen LogP contribution in [0.15, 0.2) is 0 Å². The smallest absolute Gasteiger partial charge is 0.277 e. The molecule has 0 saturated carbocycles. The van der Waals surface area contributed by atoms with Crippen LogP contribution in [-0.2, 0) is 19.7 Å². The van der Waals surface area contributed by atoms with Crippen LogP contribution in [0.3, 0.4) is 0 Å². The van der Waals surface area contributed by atoms with Crippen LogP contribution < -0.4 is 10.9 Å². The molecular weight excluding hydrogens is 188 g/mol. The zero-order valence-electron chi connectivity index (χ0n) is 5.77. The van der Waals surface area contributed by atoms with Gasteiger partial charge in [0.15, 0.2) is 5.25 Å². The molecule has 68 valence electrons. The lowest BCUT2D eigenvalue weighted by atomic mass is 10.2. The third-order valence-corrected chi connectivity index (χ3v) is 2.45. The molecule has 1 fully saturated rings. The van der Waals surface area contributed by atoms with E-state index in [1.807, 2.05) is 10.9 Å². The van der Waals surface area contributed by atoms with Gasteiger partial charge in [-0.1, -0.05) is 0 Å². The van der Waals surface area contributed by atoms with Crippen molar-refractivity contribution in [2.45, 2.75) is 11.7 Å². The molecule has 0 aromatic rings. The van der Waals surface area contributed by atoms with Gasteiger partial charge in [-0.15, -0.1) is 0 Å². The van der Waals surface area contributed by atoms with Gasteiger partial charge in [-0.25, -0.2) is 0 Å². The number of amides is 2. The topological polar surface area (TPSA) is 113 Å². The lowest BCUT2D eigenvalue weighted by Gasteiger charge is -2.19.